The second-order valence-electron chi connectivity index (χ2n) is 16.3. The van der Waals surface area contributed by atoms with Crippen LogP contribution in [0.5, 0.6) is 0 Å². The second-order valence-corrected chi connectivity index (χ2v) is 17.8. The van der Waals surface area contributed by atoms with Crippen molar-refractivity contribution in [2.75, 3.05) is 26.4 Å². The van der Waals surface area contributed by atoms with Crippen LogP contribution in [0.1, 0.15) is 245 Å². The van der Waals surface area contributed by atoms with E-state index in [1.165, 1.54) is 161 Å². The lowest BCUT2D eigenvalue weighted by Crippen LogP contribution is -2.29. The van der Waals surface area contributed by atoms with E-state index < -0.39 is 26.5 Å². The molecule has 3 N–H and O–H groups in total. The van der Waals surface area contributed by atoms with Crippen molar-refractivity contribution in [3.05, 3.63) is 12.2 Å². The first-order valence-corrected chi connectivity index (χ1v) is 25.7. The minimum Gasteiger partial charge on any atom is -0.462 e. The minimum atomic E-state index is -4.38. The Balaban J connectivity index is 4.04. The molecule has 0 fully saturated rings. The van der Waals surface area contributed by atoms with Gasteiger partial charge in [0.15, 0.2) is 6.10 Å². The zero-order valence-electron chi connectivity index (χ0n) is 37.3. The average Bonchev–Trinajstić information content (AvgIpc) is 3.20. The van der Waals surface area contributed by atoms with Gasteiger partial charge in [-0.05, 0) is 38.5 Å². The molecule has 0 bridgehead atoms. The maximum Gasteiger partial charge on any atom is 0.472 e. The SMILES string of the molecule is CCCCCCCCC=CCCCCCCCC(=O)OCC(COP(=O)(O)OCCN)OC(=O)CCCCCCCCCCCCCCCCCCCCCCC. The highest BCUT2D eigenvalue weighted by Crippen LogP contribution is 2.43. The molecule has 0 saturated carbocycles. The van der Waals surface area contributed by atoms with Crippen LogP contribution >= 0.6 is 7.82 Å². The number of carbonyl (C=O) groups excluding carboxylic acids is 2. The molecule has 2 unspecified atom stereocenters. The van der Waals surface area contributed by atoms with Crippen molar-refractivity contribution < 1.29 is 37.6 Å². The maximum atomic E-state index is 12.6. The van der Waals surface area contributed by atoms with Crippen molar-refractivity contribution in [3.8, 4) is 0 Å². The molecule has 57 heavy (non-hydrogen) atoms. The molecule has 0 aliphatic carbocycles. The smallest absolute Gasteiger partial charge is 0.462 e. The lowest BCUT2D eigenvalue weighted by Gasteiger charge is -2.19. The fraction of sp³-hybridized carbons (Fsp3) is 0.915. The van der Waals surface area contributed by atoms with Gasteiger partial charge in [-0.25, -0.2) is 4.57 Å². The van der Waals surface area contributed by atoms with E-state index >= 15 is 0 Å². The summed E-state index contributed by atoms with van der Waals surface area (Å²) in [6, 6.07) is 0. The summed E-state index contributed by atoms with van der Waals surface area (Å²) in [5.41, 5.74) is 5.36. The van der Waals surface area contributed by atoms with Gasteiger partial charge in [-0.1, -0.05) is 206 Å². The molecule has 0 aromatic heterocycles. The van der Waals surface area contributed by atoms with Gasteiger partial charge in [0, 0.05) is 19.4 Å². The van der Waals surface area contributed by atoms with Gasteiger partial charge in [0.2, 0.25) is 0 Å². The Kier molecular flexibility index (Phi) is 43.3. The third-order valence-electron chi connectivity index (χ3n) is 10.7. The summed E-state index contributed by atoms with van der Waals surface area (Å²) < 4.78 is 32.9. The van der Waals surface area contributed by atoms with Crippen molar-refractivity contribution in [2.24, 2.45) is 5.73 Å². The summed E-state index contributed by atoms with van der Waals surface area (Å²) in [6.07, 6.45) is 46.7. The molecule has 0 heterocycles. The monoisotopic (exact) mass is 830 g/mol. The summed E-state index contributed by atoms with van der Waals surface area (Å²) in [7, 11) is -4.38. The number of carbonyl (C=O) groups is 2. The minimum absolute atomic E-state index is 0.0554. The first kappa shape index (κ1) is 55.8. The molecule has 10 heteroatoms. The van der Waals surface area contributed by atoms with Crippen LogP contribution in [0.4, 0.5) is 0 Å². The number of hydrogen-bond donors (Lipinski definition) is 2. The summed E-state index contributed by atoms with van der Waals surface area (Å²) in [4.78, 5) is 35.0. The lowest BCUT2D eigenvalue weighted by molar-refractivity contribution is -0.161. The largest absolute Gasteiger partial charge is 0.472 e. The van der Waals surface area contributed by atoms with Crippen LogP contribution < -0.4 is 5.73 Å². The third-order valence-corrected chi connectivity index (χ3v) is 11.6. The van der Waals surface area contributed by atoms with E-state index in [9.17, 15) is 19.0 Å². The molecular formula is C47H92NO8P. The third kappa shape index (κ3) is 44.1. The summed E-state index contributed by atoms with van der Waals surface area (Å²) in [5.74, 6) is -0.824. The van der Waals surface area contributed by atoms with Crippen molar-refractivity contribution >= 4 is 19.8 Å². The van der Waals surface area contributed by atoms with Crippen LogP contribution in [0.3, 0.4) is 0 Å². The van der Waals surface area contributed by atoms with Crippen LogP contribution in [0.25, 0.3) is 0 Å². The predicted molar refractivity (Wildman–Crippen MR) is 238 cm³/mol. The van der Waals surface area contributed by atoms with Crippen LogP contribution in [0, 0.1) is 0 Å². The van der Waals surface area contributed by atoms with E-state index in [1.54, 1.807) is 0 Å². The summed E-state index contributed by atoms with van der Waals surface area (Å²) in [5, 5.41) is 0. The number of phosphoric ester groups is 1. The fourth-order valence-corrected chi connectivity index (χ4v) is 7.81. The van der Waals surface area contributed by atoms with E-state index in [0.717, 1.165) is 51.4 Å². The second kappa shape index (κ2) is 44.3. The molecule has 2 atom stereocenters. The molecule has 0 saturated heterocycles. The maximum absolute atomic E-state index is 12.6. The Morgan fingerprint density at radius 2 is 0.860 bits per heavy atom. The van der Waals surface area contributed by atoms with Gasteiger partial charge in [0.25, 0.3) is 0 Å². The molecule has 0 amide bonds. The average molecular weight is 830 g/mol. The van der Waals surface area contributed by atoms with Gasteiger partial charge in [-0.2, -0.15) is 0 Å². The lowest BCUT2D eigenvalue weighted by atomic mass is 10.0. The van der Waals surface area contributed by atoms with Crippen LogP contribution in [-0.4, -0.2) is 49.3 Å². The number of unbranched alkanes of at least 4 members (excludes halogenated alkanes) is 31. The summed E-state index contributed by atoms with van der Waals surface area (Å²) >= 11 is 0. The van der Waals surface area contributed by atoms with E-state index in [2.05, 4.69) is 26.0 Å². The molecule has 0 aromatic rings. The Bertz CT molecular complexity index is 948. The van der Waals surface area contributed by atoms with E-state index in [1.807, 2.05) is 0 Å². The van der Waals surface area contributed by atoms with E-state index in [-0.39, 0.29) is 38.6 Å². The zero-order chi connectivity index (χ0) is 41.8. The van der Waals surface area contributed by atoms with Gasteiger partial charge >= 0.3 is 19.8 Å². The van der Waals surface area contributed by atoms with Crippen LogP contribution in [0.15, 0.2) is 12.2 Å². The zero-order valence-corrected chi connectivity index (χ0v) is 38.2. The fourth-order valence-electron chi connectivity index (χ4n) is 7.04. The van der Waals surface area contributed by atoms with Crippen molar-refractivity contribution in [1.29, 1.82) is 0 Å². The Hall–Kier alpha value is -1.25. The molecular weight excluding hydrogens is 737 g/mol. The number of rotatable bonds is 46. The van der Waals surface area contributed by atoms with Crippen LogP contribution in [-0.2, 0) is 32.7 Å². The Morgan fingerprint density at radius 1 is 0.509 bits per heavy atom. The highest BCUT2D eigenvalue weighted by atomic mass is 31.2. The topological polar surface area (TPSA) is 134 Å². The first-order chi connectivity index (χ1) is 27.8. The molecule has 338 valence electrons. The molecule has 0 aromatic carbocycles. The molecule has 0 aliphatic heterocycles. The van der Waals surface area contributed by atoms with Crippen LogP contribution in [0.2, 0.25) is 0 Å². The quantitative estimate of drug-likeness (QED) is 0.0266. The number of phosphoric acid groups is 1. The number of hydrogen-bond acceptors (Lipinski definition) is 8. The number of ether oxygens (including phenoxy) is 2. The molecule has 0 rings (SSSR count). The highest BCUT2D eigenvalue weighted by Gasteiger charge is 2.26. The van der Waals surface area contributed by atoms with Crippen molar-refractivity contribution in [3.63, 3.8) is 0 Å². The van der Waals surface area contributed by atoms with Gasteiger partial charge in [0.1, 0.15) is 6.61 Å². The standard InChI is InChI=1S/C47H92NO8P/c1-3-5-7-9-11-13-15-17-19-20-21-22-23-24-26-28-30-32-34-36-38-40-47(50)56-45(44-55-57(51,52)54-42-41-48)43-53-46(49)39-37-35-33-31-29-27-25-18-16-14-12-10-8-6-4-2/h18,25,45H,3-17,19-24,26-44,48H2,1-2H3,(H,51,52). The summed E-state index contributed by atoms with van der Waals surface area (Å²) in [6.45, 7) is 3.76. The van der Waals surface area contributed by atoms with Gasteiger partial charge in [-0.15, -0.1) is 0 Å². The highest BCUT2D eigenvalue weighted by molar-refractivity contribution is 7.47. The normalized spacial score (nSPS) is 13.3. The van der Waals surface area contributed by atoms with E-state index in [0.29, 0.717) is 6.42 Å². The van der Waals surface area contributed by atoms with Crippen molar-refractivity contribution in [2.45, 2.75) is 251 Å². The predicted octanol–water partition coefficient (Wildman–Crippen LogP) is 14.2. The number of allylic oxidation sites excluding steroid dienone is 2. The van der Waals surface area contributed by atoms with Gasteiger partial charge in [0.05, 0.1) is 13.2 Å². The van der Waals surface area contributed by atoms with Gasteiger partial charge in [-0.3, -0.25) is 18.6 Å². The first-order valence-electron chi connectivity index (χ1n) is 24.2. The number of esters is 2. The van der Waals surface area contributed by atoms with Crippen molar-refractivity contribution in [1.82, 2.24) is 0 Å². The van der Waals surface area contributed by atoms with E-state index in [4.69, 9.17) is 24.3 Å². The molecule has 9 nitrogen and oxygen atoms in total. The Labute approximate surface area is 351 Å². The van der Waals surface area contributed by atoms with Gasteiger partial charge < -0.3 is 20.1 Å². The Morgan fingerprint density at radius 3 is 1.25 bits per heavy atom. The molecule has 0 aliphatic rings. The molecule has 0 spiro atoms. The molecule has 0 radical (unpaired) electrons. The number of nitrogens with two attached hydrogens (primary N) is 1.